The maximum Gasteiger partial charge on any atom is 0.250 e. The molecule has 1 aromatic carbocycles. The van der Waals surface area contributed by atoms with Gasteiger partial charge < -0.3 is 0 Å². The molecule has 1 aliphatic heterocycles. The van der Waals surface area contributed by atoms with Crippen molar-refractivity contribution in [3.8, 4) is 0 Å². The molecule has 4 nitrogen and oxygen atoms in total. The second-order valence-electron chi connectivity index (χ2n) is 5.39. The summed E-state index contributed by atoms with van der Waals surface area (Å²) in [5.74, 6) is 0. The Labute approximate surface area is 139 Å². The van der Waals surface area contributed by atoms with Gasteiger partial charge in [0.15, 0.2) is 0 Å². The van der Waals surface area contributed by atoms with Crippen LogP contribution in [0.2, 0.25) is 4.34 Å². The third-order valence-corrected chi connectivity index (χ3v) is 6.90. The molecule has 0 bridgehead atoms. The van der Waals surface area contributed by atoms with Crippen LogP contribution in [-0.2, 0) is 16.6 Å². The van der Waals surface area contributed by atoms with Gasteiger partial charge in [0.2, 0.25) is 10.0 Å². The molecule has 1 atom stereocenters. The van der Waals surface area contributed by atoms with Crippen LogP contribution in [0.1, 0.15) is 12.0 Å². The van der Waals surface area contributed by atoms with Crippen LogP contribution in [0.4, 0.5) is 0 Å². The van der Waals surface area contributed by atoms with Crippen molar-refractivity contribution in [2.45, 2.75) is 23.2 Å². The number of hydrogen-bond acceptors (Lipinski definition) is 4. The van der Waals surface area contributed by atoms with Gasteiger partial charge >= 0.3 is 0 Å². The van der Waals surface area contributed by atoms with Gasteiger partial charge in [0.1, 0.15) is 4.21 Å². The molecule has 1 aliphatic rings. The molecule has 0 amide bonds. The summed E-state index contributed by atoms with van der Waals surface area (Å²) in [6.07, 6.45) is 0.825. The first-order valence-corrected chi connectivity index (χ1v) is 9.75. The van der Waals surface area contributed by atoms with Gasteiger partial charge in [0.25, 0.3) is 0 Å². The van der Waals surface area contributed by atoms with E-state index in [1.165, 1.54) is 5.56 Å². The first-order chi connectivity index (χ1) is 10.5. The Morgan fingerprint density at radius 3 is 2.68 bits per heavy atom. The van der Waals surface area contributed by atoms with Crippen molar-refractivity contribution < 1.29 is 8.42 Å². The number of hydrogen-bond donors (Lipinski definition) is 1. The second-order valence-corrected chi connectivity index (χ2v) is 9.04. The molecule has 1 N–H and O–H groups in total. The molecule has 0 saturated carbocycles. The van der Waals surface area contributed by atoms with Crippen LogP contribution in [-0.4, -0.2) is 32.4 Å². The van der Waals surface area contributed by atoms with Crippen molar-refractivity contribution in [2.75, 3.05) is 13.1 Å². The number of rotatable bonds is 5. The maximum atomic E-state index is 12.3. The molecular weight excluding hydrogens is 340 g/mol. The number of thiophene rings is 1. The Morgan fingerprint density at radius 2 is 2.00 bits per heavy atom. The van der Waals surface area contributed by atoms with E-state index in [0.29, 0.717) is 4.34 Å². The molecule has 0 unspecified atom stereocenters. The number of likely N-dealkylation sites (tertiary alicyclic amines) is 1. The van der Waals surface area contributed by atoms with E-state index < -0.39 is 10.0 Å². The van der Waals surface area contributed by atoms with Crippen molar-refractivity contribution in [3.05, 3.63) is 52.4 Å². The zero-order chi connectivity index (χ0) is 15.6. The van der Waals surface area contributed by atoms with E-state index >= 15 is 0 Å². The van der Waals surface area contributed by atoms with E-state index in [2.05, 4.69) is 21.8 Å². The van der Waals surface area contributed by atoms with Crippen LogP contribution in [0.3, 0.4) is 0 Å². The summed E-state index contributed by atoms with van der Waals surface area (Å²) in [5.41, 5.74) is 1.25. The molecule has 2 heterocycles. The van der Waals surface area contributed by atoms with Crippen molar-refractivity contribution >= 4 is 33.0 Å². The lowest BCUT2D eigenvalue weighted by atomic mass is 10.2. The van der Waals surface area contributed by atoms with Crippen LogP contribution in [0.5, 0.6) is 0 Å². The lowest BCUT2D eigenvalue weighted by Gasteiger charge is -2.16. The van der Waals surface area contributed by atoms with E-state index in [1.807, 2.05) is 18.2 Å². The molecular formula is C15H17ClN2O2S2. The summed E-state index contributed by atoms with van der Waals surface area (Å²) < 4.78 is 28.1. The smallest absolute Gasteiger partial charge is 0.250 e. The number of nitrogens with one attached hydrogen (secondary N) is 1. The van der Waals surface area contributed by atoms with Gasteiger partial charge in [-0.1, -0.05) is 41.9 Å². The van der Waals surface area contributed by atoms with Crippen LogP contribution in [0.15, 0.2) is 46.7 Å². The highest BCUT2D eigenvalue weighted by Gasteiger charge is 2.27. The zero-order valence-corrected chi connectivity index (χ0v) is 14.3. The molecule has 1 saturated heterocycles. The Balaban J connectivity index is 1.59. The number of sulfonamides is 1. The Morgan fingerprint density at radius 1 is 1.23 bits per heavy atom. The number of nitrogens with zero attached hydrogens (tertiary/aromatic N) is 1. The molecule has 0 radical (unpaired) electrons. The zero-order valence-electron chi connectivity index (χ0n) is 11.9. The fourth-order valence-corrected chi connectivity index (χ4v) is 5.39. The normalized spacial score (nSPS) is 19.6. The van der Waals surface area contributed by atoms with E-state index in [4.69, 9.17) is 11.6 Å². The van der Waals surface area contributed by atoms with Gasteiger partial charge in [-0.15, -0.1) is 11.3 Å². The minimum absolute atomic E-state index is 0.0467. The van der Waals surface area contributed by atoms with Gasteiger partial charge in [0.05, 0.1) is 4.34 Å². The Bertz CT molecular complexity index is 731. The third kappa shape index (κ3) is 3.88. The molecule has 0 spiro atoms. The van der Waals surface area contributed by atoms with Crippen molar-refractivity contribution in [1.29, 1.82) is 0 Å². The average molecular weight is 357 g/mol. The summed E-state index contributed by atoms with van der Waals surface area (Å²) in [4.78, 5) is 2.27. The topological polar surface area (TPSA) is 49.4 Å². The standard InChI is InChI=1S/C15H17ClN2O2S2/c16-14-6-7-15(21-14)22(19,20)17-13-8-9-18(11-13)10-12-4-2-1-3-5-12/h1-7,13,17H,8-11H2/t13-/m1/s1. The summed E-state index contributed by atoms with van der Waals surface area (Å²) in [5, 5.41) is 0. The highest BCUT2D eigenvalue weighted by atomic mass is 35.5. The average Bonchev–Trinajstić information content (AvgIpc) is 3.09. The van der Waals surface area contributed by atoms with Gasteiger partial charge in [-0.25, -0.2) is 13.1 Å². The predicted molar refractivity (Wildman–Crippen MR) is 89.8 cm³/mol. The van der Waals surface area contributed by atoms with E-state index in [0.717, 1.165) is 37.4 Å². The molecule has 2 aromatic rings. The fourth-order valence-electron chi connectivity index (χ4n) is 2.63. The van der Waals surface area contributed by atoms with Crippen LogP contribution in [0.25, 0.3) is 0 Å². The van der Waals surface area contributed by atoms with Crippen molar-refractivity contribution in [3.63, 3.8) is 0 Å². The number of benzene rings is 1. The van der Waals surface area contributed by atoms with Gasteiger partial charge in [-0.05, 0) is 24.1 Å². The summed E-state index contributed by atoms with van der Waals surface area (Å²) in [6, 6.07) is 13.3. The van der Waals surface area contributed by atoms with Gasteiger partial charge in [0, 0.05) is 25.7 Å². The Kier molecular flexibility index (Phi) is 4.84. The third-order valence-electron chi connectivity index (χ3n) is 3.66. The molecule has 1 fully saturated rings. The monoisotopic (exact) mass is 356 g/mol. The summed E-state index contributed by atoms with van der Waals surface area (Å²) >= 11 is 6.90. The molecule has 1 aromatic heterocycles. The molecule has 7 heteroatoms. The first kappa shape index (κ1) is 16.0. The lowest BCUT2D eigenvalue weighted by Crippen LogP contribution is -2.36. The minimum Gasteiger partial charge on any atom is -0.297 e. The predicted octanol–water partition coefficient (Wildman–Crippen LogP) is 2.95. The highest BCUT2D eigenvalue weighted by molar-refractivity contribution is 7.91. The quantitative estimate of drug-likeness (QED) is 0.896. The second kappa shape index (κ2) is 6.68. The minimum atomic E-state index is -3.46. The largest absolute Gasteiger partial charge is 0.297 e. The van der Waals surface area contributed by atoms with Crippen LogP contribution >= 0.6 is 22.9 Å². The molecule has 118 valence electrons. The van der Waals surface area contributed by atoms with Crippen molar-refractivity contribution in [1.82, 2.24) is 9.62 Å². The molecule has 0 aliphatic carbocycles. The van der Waals surface area contributed by atoms with Gasteiger partial charge in [-0.3, -0.25) is 4.90 Å². The van der Waals surface area contributed by atoms with E-state index in [1.54, 1.807) is 12.1 Å². The summed E-state index contributed by atoms with van der Waals surface area (Å²) in [6.45, 7) is 2.48. The Hall–Kier alpha value is -0.920. The van der Waals surface area contributed by atoms with E-state index in [9.17, 15) is 8.42 Å². The van der Waals surface area contributed by atoms with Crippen LogP contribution in [0, 0.1) is 0 Å². The maximum absolute atomic E-state index is 12.3. The van der Waals surface area contributed by atoms with Gasteiger partial charge in [-0.2, -0.15) is 0 Å². The van der Waals surface area contributed by atoms with Crippen molar-refractivity contribution in [2.24, 2.45) is 0 Å². The summed E-state index contributed by atoms with van der Waals surface area (Å²) in [7, 11) is -3.46. The number of halogens is 1. The van der Waals surface area contributed by atoms with E-state index in [-0.39, 0.29) is 10.3 Å². The highest BCUT2D eigenvalue weighted by Crippen LogP contribution is 2.26. The molecule has 3 rings (SSSR count). The first-order valence-electron chi connectivity index (χ1n) is 7.07. The lowest BCUT2D eigenvalue weighted by molar-refractivity contribution is 0.324. The van der Waals surface area contributed by atoms with Crippen LogP contribution < -0.4 is 4.72 Å². The SMILES string of the molecule is O=S(=O)(N[C@@H]1CCN(Cc2ccccc2)C1)c1ccc(Cl)s1. The molecule has 22 heavy (non-hydrogen) atoms. The fraction of sp³-hybridized carbons (Fsp3) is 0.333.